The molecule has 0 spiro atoms. The maximum absolute atomic E-state index is 10.6. The molecule has 0 saturated heterocycles. The van der Waals surface area contributed by atoms with Crippen molar-refractivity contribution in [2.45, 2.75) is 19.3 Å². The smallest absolute Gasteiger partial charge is 0.303 e. The van der Waals surface area contributed by atoms with Crippen molar-refractivity contribution in [1.29, 1.82) is 0 Å². The summed E-state index contributed by atoms with van der Waals surface area (Å²) in [6, 6.07) is 7.63. The number of carbonyl (C=O) groups is 1. The van der Waals surface area contributed by atoms with Gasteiger partial charge in [-0.25, -0.2) is 0 Å². The van der Waals surface area contributed by atoms with Gasteiger partial charge in [0.05, 0.1) is 6.61 Å². The lowest BCUT2D eigenvalue weighted by atomic mass is 10.1. The number of benzene rings is 1. The molecule has 1 aromatic rings. The molecule has 0 amide bonds. The van der Waals surface area contributed by atoms with Crippen molar-refractivity contribution in [2.24, 2.45) is 0 Å². The number of para-hydroxylation sites is 1. The van der Waals surface area contributed by atoms with Crippen molar-refractivity contribution >= 4 is 5.97 Å². The molecular weight excluding hydrogens is 230 g/mol. The number of aliphatic carboxylic acids is 1. The van der Waals surface area contributed by atoms with Crippen LogP contribution in [0.25, 0.3) is 0 Å². The molecule has 0 bridgehead atoms. The first-order valence-electron chi connectivity index (χ1n) is 6.17. The molecule has 0 aliphatic carbocycles. The van der Waals surface area contributed by atoms with Crippen molar-refractivity contribution in [2.75, 3.05) is 27.2 Å². The summed E-state index contributed by atoms with van der Waals surface area (Å²) in [5.41, 5.74) is 0.963. The molecule has 4 nitrogen and oxygen atoms in total. The first kappa shape index (κ1) is 14.5. The van der Waals surface area contributed by atoms with Crippen LogP contribution in [0, 0.1) is 0 Å². The lowest BCUT2D eigenvalue weighted by molar-refractivity contribution is -0.136. The zero-order valence-corrected chi connectivity index (χ0v) is 11.1. The molecule has 1 rings (SSSR count). The molecular formula is C14H21NO3. The molecule has 0 atom stereocenters. The van der Waals surface area contributed by atoms with Gasteiger partial charge in [0, 0.05) is 13.0 Å². The lowest BCUT2D eigenvalue weighted by Gasteiger charge is -2.12. The average molecular weight is 251 g/mol. The van der Waals surface area contributed by atoms with E-state index in [9.17, 15) is 4.79 Å². The van der Waals surface area contributed by atoms with Crippen LogP contribution in [-0.2, 0) is 11.2 Å². The van der Waals surface area contributed by atoms with Crippen molar-refractivity contribution in [3.63, 3.8) is 0 Å². The van der Waals surface area contributed by atoms with E-state index in [-0.39, 0.29) is 6.42 Å². The highest BCUT2D eigenvalue weighted by molar-refractivity contribution is 5.67. The molecule has 0 aromatic heterocycles. The molecule has 1 N–H and O–H groups in total. The maximum atomic E-state index is 10.6. The molecule has 18 heavy (non-hydrogen) atoms. The molecule has 4 heteroatoms. The van der Waals surface area contributed by atoms with Crippen LogP contribution in [0.1, 0.15) is 18.4 Å². The van der Waals surface area contributed by atoms with Crippen molar-refractivity contribution in [3.05, 3.63) is 29.8 Å². The third kappa shape index (κ3) is 5.68. The minimum atomic E-state index is -0.780. The van der Waals surface area contributed by atoms with E-state index in [1.165, 1.54) is 0 Å². The number of nitrogens with zero attached hydrogens (tertiary/aromatic N) is 1. The highest BCUT2D eigenvalue weighted by Crippen LogP contribution is 2.19. The molecule has 1 aromatic carbocycles. The Labute approximate surface area is 108 Å². The molecule has 0 saturated carbocycles. The molecule has 0 aliphatic rings. The van der Waals surface area contributed by atoms with E-state index in [0.717, 1.165) is 24.3 Å². The molecule has 0 aliphatic heterocycles. The molecule has 0 fully saturated rings. The van der Waals surface area contributed by atoms with Gasteiger partial charge >= 0.3 is 5.97 Å². The van der Waals surface area contributed by atoms with Gasteiger partial charge in [-0.1, -0.05) is 18.2 Å². The number of carboxylic acid groups (broad SMARTS) is 1. The summed E-state index contributed by atoms with van der Waals surface area (Å²) in [6.07, 6.45) is 1.61. The van der Waals surface area contributed by atoms with Gasteiger partial charge in [-0.05, 0) is 38.6 Å². The molecule has 100 valence electrons. The van der Waals surface area contributed by atoms with E-state index in [1.54, 1.807) is 0 Å². The Hall–Kier alpha value is -1.55. The summed E-state index contributed by atoms with van der Waals surface area (Å²) < 4.78 is 5.70. The van der Waals surface area contributed by atoms with E-state index in [2.05, 4.69) is 4.90 Å². The Morgan fingerprint density at radius 1 is 1.33 bits per heavy atom. The average Bonchev–Trinajstić information content (AvgIpc) is 2.33. The first-order valence-corrected chi connectivity index (χ1v) is 6.17. The summed E-state index contributed by atoms with van der Waals surface area (Å²) in [4.78, 5) is 12.7. The third-order valence-electron chi connectivity index (χ3n) is 2.59. The monoisotopic (exact) mass is 251 g/mol. The topological polar surface area (TPSA) is 49.8 Å². The van der Waals surface area contributed by atoms with E-state index >= 15 is 0 Å². The van der Waals surface area contributed by atoms with Crippen LogP contribution < -0.4 is 4.74 Å². The van der Waals surface area contributed by atoms with Crippen molar-refractivity contribution in [1.82, 2.24) is 4.90 Å². The van der Waals surface area contributed by atoms with Crippen LogP contribution in [0.4, 0.5) is 0 Å². The largest absolute Gasteiger partial charge is 0.493 e. The molecule has 0 unspecified atom stereocenters. The highest BCUT2D eigenvalue weighted by Gasteiger charge is 2.05. The van der Waals surface area contributed by atoms with Crippen molar-refractivity contribution < 1.29 is 14.6 Å². The standard InChI is InChI=1S/C14H21NO3/c1-15(2)10-5-11-18-13-7-4-3-6-12(13)8-9-14(16)17/h3-4,6-7H,5,8-11H2,1-2H3,(H,16,17). The predicted octanol–water partition coefficient (Wildman–Crippen LogP) is 2.03. The van der Waals surface area contributed by atoms with Gasteiger partial charge in [-0.3, -0.25) is 4.79 Å². The Morgan fingerprint density at radius 2 is 2.06 bits per heavy atom. The summed E-state index contributed by atoms with van der Waals surface area (Å²) in [5.74, 6) is 0.0231. The number of rotatable bonds is 8. The molecule has 0 heterocycles. The Morgan fingerprint density at radius 3 is 2.72 bits per heavy atom. The number of hydrogen-bond acceptors (Lipinski definition) is 3. The SMILES string of the molecule is CN(C)CCCOc1ccccc1CCC(=O)O. The minimum absolute atomic E-state index is 0.137. The quantitative estimate of drug-likeness (QED) is 0.718. The zero-order chi connectivity index (χ0) is 13.4. The van der Waals surface area contributed by atoms with Crippen LogP contribution in [0.3, 0.4) is 0 Å². The van der Waals surface area contributed by atoms with E-state index < -0.39 is 5.97 Å². The first-order chi connectivity index (χ1) is 8.59. The van der Waals surface area contributed by atoms with Gasteiger partial charge < -0.3 is 14.7 Å². The van der Waals surface area contributed by atoms with Gasteiger partial charge in [-0.15, -0.1) is 0 Å². The second-order valence-corrected chi connectivity index (χ2v) is 4.51. The van der Waals surface area contributed by atoms with Crippen molar-refractivity contribution in [3.8, 4) is 5.75 Å². The summed E-state index contributed by atoms with van der Waals surface area (Å²) in [6.45, 7) is 1.64. The van der Waals surface area contributed by atoms with Crippen LogP contribution in [-0.4, -0.2) is 43.2 Å². The van der Waals surface area contributed by atoms with Gasteiger partial charge in [0.25, 0.3) is 0 Å². The second-order valence-electron chi connectivity index (χ2n) is 4.51. The lowest BCUT2D eigenvalue weighted by Crippen LogP contribution is -2.15. The summed E-state index contributed by atoms with van der Waals surface area (Å²) >= 11 is 0. The fraction of sp³-hybridized carbons (Fsp3) is 0.500. The molecule has 0 radical (unpaired) electrons. The predicted molar refractivity (Wildman–Crippen MR) is 71.1 cm³/mol. The van der Waals surface area contributed by atoms with E-state index in [1.807, 2.05) is 38.4 Å². The van der Waals surface area contributed by atoms with Gasteiger partial charge in [0.1, 0.15) is 5.75 Å². The van der Waals surface area contributed by atoms with Crippen LogP contribution in [0.5, 0.6) is 5.75 Å². The van der Waals surface area contributed by atoms with Gasteiger partial charge in [0.2, 0.25) is 0 Å². The van der Waals surface area contributed by atoms with E-state index in [0.29, 0.717) is 13.0 Å². The number of carboxylic acids is 1. The normalized spacial score (nSPS) is 10.6. The Balaban J connectivity index is 2.45. The highest BCUT2D eigenvalue weighted by atomic mass is 16.5. The minimum Gasteiger partial charge on any atom is -0.493 e. The Bertz CT molecular complexity index is 377. The third-order valence-corrected chi connectivity index (χ3v) is 2.59. The van der Waals surface area contributed by atoms with Crippen LogP contribution in [0.15, 0.2) is 24.3 Å². The van der Waals surface area contributed by atoms with Gasteiger partial charge in [-0.2, -0.15) is 0 Å². The van der Waals surface area contributed by atoms with Crippen LogP contribution >= 0.6 is 0 Å². The van der Waals surface area contributed by atoms with Gasteiger partial charge in [0.15, 0.2) is 0 Å². The zero-order valence-electron chi connectivity index (χ0n) is 11.1. The number of ether oxygens (including phenoxy) is 1. The Kier molecular flexibility index (Phi) is 6.22. The fourth-order valence-corrected chi connectivity index (χ4v) is 1.66. The van der Waals surface area contributed by atoms with Crippen LogP contribution in [0.2, 0.25) is 0 Å². The fourth-order valence-electron chi connectivity index (χ4n) is 1.66. The number of hydrogen-bond donors (Lipinski definition) is 1. The number of aryl methyl sites for hydroxylation is 1. The van der Waals surface area contributed by atoms with E-state index in [4.69, 9.17) is 9.84 Å². The summed E-state index contributed by atoms with van der Waals surface area (Å²) in [5, 5.41) is 8.69. The summed E-state index contributed by atoms with van der Waals surface area (Å²) in [7, 11) is 4.06. The maximum Gasteiger partial charge on any atom is 0.303 e. The second kappa shape index (κ2) is 7.71.